The number of hydrogen-bond donors (Lipinski definition) is 0. The molecule has 0 aliphatic carbocycles. The van der Waals surface area contributed by atoms with Gasteiger partial charge in [0.15, 0.2) is 0 Å². The van der Waals surface area contributed by atoms with Crippen molar-refractivity contribution in [3.05, 3.63) is 40.9 Å². The van der Waals surface area contributed by atoms with Crippen LogP contribution in [-0.2, 0) is 4.74 Å². The Kier molecular flexibility index (Phi) is 5.02. The number of ether oxygens (including phenoxy) is 2. The van der Waals surface area contributed by atoms with Crippen LogP contribution in [0.3, 0.4) is 0 Å². The monoisotopic (exact) mass is 308 g/mol. The summed E-state index contributed by atoms with van der Waals surface area (Å²) >= 11 is 3.61. The molecular formula is C15H17BrO2. The number of methoxy groups -OCH3 is 1. The highest BCUT2D eigenvalue weighted by atomic mass is 79.9. The zero-order chi connectivity index (χ0) is 12.8. The molecule has 0 heterocycles. The van der Waals surface area contributed by atoms with Crippen LogP contribution in [0.5, 0.6) is 5.75 Å². The van der Waals surface area contributed by atoms with E-state index in [0.717, 1.165) is 36.3 Å². The second kappa shape index (κ2) is 6.76. The third-order valence-electron chi connectivity index (χ3n) is 2.83. The summed E-state index contributed by atoms with van der Waals surface area (Å²) in [6.07, 6.45) is 2.04. The Morgan fingerprint density at radius 1 is 1.00 bits per heavy atom. The molecule has 2 rings (SSSR count). The Morgan fingerprint density at radius 2 is 1.78 bits per heavy atom. The predicted octanol–water partition coefficient (Wildman–Crippen LogP) is 4.41. The molecule has 96 valence electrons. The van der Waals surface area contributed by atoms with E-state index in [1.807, 2.05) is 18.2 Å². The van der Waals surface area contributed by atoms with Crippen molar-refractivity contribution in [2.45, 2.75) is 12.8 Å². The van der Waals surface area contributed by atoms with Gasteiger partial charge >= 0.3 is 0 Å². The van der Waals surface area contributed by atoms with E-state index < -0.39 is 0 Å². The average Bonchev–Trinajstić information content (AvgIpc) is 2.41. The van der Waals surface area contributed by atoms with E-state index in [1.54, 1.807) is 7.11 Å². The lowest BCUT2D eigenvalue weighted by Gasteiger charge is -2.10. The van der Waals surface area contributed by atoms with Crippen LogP contribution in [0.15, 0.2) is 40.9 Å². The highest BCUT2D eigenvalue weighted by molar-refractivity contribution is 9.10. The fourth-order valence-electron chi connectivity index (χ4n) is 1.86. The summed E-state index contributed by atoms with van der Waals surface area (Å²) in [5.74, 6) is 0.908. The molecule has 0 amide bonds. The van der Waals surface area contributed by atoms with Gasteiger partial charge in [-0.25, -0.2) is 0 Å². The van der Waals surface area contributed by atoms with Crippen LogP contribution in [-0.4, -0.2) is 20.3 Å². The molecule has 0 saturated heterocycles. The highest BCUT2D eigenvalue weighted by Crippen LogP contribution is 2.33. The largest absolute Gasteiger partial charge is 0.492 e. The Morgan fingerprint density at radius 3 is 2.61 bits per heavy atom. The third-order valence-corrected chi connectivity index (χ3v) is 3.65. The molecule has 0 spiro atoms. The van der Waals surface area contributed by atoms with Gasteiger partial charge in [0.1, 0.15) is 5.75 Å². The summed E-state index contributed by atoms with van der Waals surface area (Å²) < 4.78 is 11.8. The fraction of sp³-hybridized carbons (Fsp3) is 0.333. The standard InChI is InChI=1S/C15H17BrO2/c1-17-10-4-5-11-18-14-9-8-12-6-2-3-7-13(12)15(14)16/h2-3,6-9H,4-5,10-11H2,1H3. The van der Waals surface area contributed by atoms with E-state index in [2.05, 4.69) is 34.1 Å². The number of benzene rings is 2. The van der Waals surface area contributed by atoms with E-state index in [4.69, 9.17) is 9.47 Å². The van der Waals surface area contributed by atoms with E-state index in [-0.39, 0.29) is 0 Å². The fourth-order valence-corrected chi connectivity index (χ4v) is 2.46. The van der Waals surface area contributed by atoms with Crippen LogP contribution < -0.4 is 4.74 Å². The Labute approximate surface area is 116 Å². The maximum atomic E-state index is 5.79. The lowest BCUT2D eigenvalue weighted by Crippen LogP contribution is -2.00. The number of fused-ring (bicyclic) bond motifs is 1. The van der Waals surface area contributed by atoms with Crippen molar-refractivity contribution in [3.8, 4) is 5.75 Å². The van der Waals surface area contributed by atoms with Crippen molar-refractivity contribution in [2.24, 2.45) is 0 Å². The molecule has 2 nitrogen and oxygen atoms in total. The molecule has 0 unspecified atom stereocenters. The first kappa shape index (κ1) is 13.4. The van der Waals surface area contributed by atoms with Gasteiger partial charge in [-0.15, -0.1) is 0 Å². The SMILES string of the molecule is COCCCCOc1ccc2ccccc2c1Br. The smallest absolute Gasteiger partial charge is 0.134 e. The first-order chi connectivity index (χ1) is 8.83. The Balaban J connectivity index is 2.03. The summed E-state index contributed by atoms with van der Waals surface area (Å²) in [6, 6.07) is 12.4. The van der Waals surface area contributed by atoms with E-state index in [1.165, 1.54) is 10.8 Å². The van der Waals surface area contributed by atoms with Gasteiger partial charge in [0.25, 0.3) is 0 Å². The van der Waals surface area contributed by atoms with E-state index in [9.17, 15) is 0 Å². The third kappa shape index (κ3) is 3.24. The van der Waals surface area contributed by atoms with Crippen LogP contribution >= 0.6 is 15.9 Å². The summed E-state index contributed by atoms with van der Waals surface area (Å²) in [7, 11) is 1.72. The first-order valence-corrected chi connectivity index (χ1v) is 6.91. The Bertz CT molecular complexity index is 511. The van der Waals surface area contributed by atoms with Gasteiger partial charge in [0.2, 0.25) is 0 Å². The zero-order valence-electron chi connectivity index (χ0n) is 10.5. The van der Waals surface area contributed by atoms with Crippen LogP contribution in [0.2, 0.25) is 0 Å². The van der Waals surface area contributed by atoms with E-state index in [0.29, 0.717) is 0 Å². The van der Waals surface area contributed by atoms with Gasteiger partial charge in [0.05, 0.1) is 11.1 Å². The maximum Gasteiger partial charge on any atom is 0.134 e. The second-order valence-corrected chi connectivity index (χ2v) is 4.94. The topological polar surface area (TPSA) is 18.5 Å². The molecule has 0 bridgehead atoms. The zero-order valence-corrected chi connectivity index (χ0v) is 12.1. The predicted molar refractivity (Wildman–Crippen MR) is 78.3 cm³/mol. The molecule has 0 radical (unpaired) electrons. The van der Waals surface area contributed by atoms with Crippen LogP contribution in [0, 0.1) is 0 Å². The Hall–Kier alpha value is -1.06. The summed E-state index contributed by atoms with van der Waals surface area (Å²) in [5.41, 5.74) is 0. The van der Waals surface area contributed by atoms with Gasteiger partial charge in [-0.2, -0.15) is 0 Å². The molecule has 0 saturated carbocycles. The number of hydrogen-bond acceptors (Lipinski definition) is 2. The number of halogens is 1. The van der Waals surface area contributed by atoms with Crippen molar-refractivity contribution in [1.82, 2.24) is 0 Å². The minimum Gasteiger partial charge on any atom is -0.492 e. The van der Waals surface area contributed by atoms with Crippen molar-refractivity contribution in [3.63, 3.8) is 0 Å². The van der Waals surface area contributed by atoms with Gasteiger partial charge < -0.3 is 9.47 Å². The number of rotatable bonds is 6. The summed E-state index contributed by atoms with van der Waals surface area (Å²) in [6.45, 7) is 1.52. The van der Waals surface area contributed by atoms with Crippen molar-refractivity contribution in [2.75, 3.05) is 20.3 Å². The molecular weight excluding hydrogens is 292 g/mol. The van der Waals surface area contributed by atoms with Gasteiger partial charge in [-0.05, 0) is 45.6 Å². The summed E-state index contributed by atoms with van der Waals surface area (Å²) in [4.78, 5) is 0. The van der Waals surface area contributed by atoms with E-state index >= 15 is 0 Å². The number of unbranched alkanes of at least 4 members (excludes halogenated alkanes) is 1. The minimum absolute atomic E-state index is 0.723. The van der Waals surface area contributed by atoms with Crippen molar-refractivity contribution in [1.29, 1.82) is 0 Å². The lowest BCUT2D eigenvalue weighted by molar-refractivity contribution is 0.184. The summed E-state index contributed by atoms with van der Waals surface area (Å²) in [5, 5.41) is 2.41. The molecule has 2 aromatic rings. The minimum atomic E-state index is 0.723. The van der Waals surface area contributed by atoms with Crippen molar-refractivity contribution >= 4 is 26.7 Å². The molecule has 18 heavy (non-hydrogen) atoms. The molecule has 0 aliphatic heterocycles. The van der Waals surface area contributed by atoms with Crippen LogP contribution in [0.25, 0.3) is 10.8 Å². The van der Waals surface area contributed by atoms with Gasteiger partial charge in [0, 0.05) is 13.7 Å². The van der Waals surface area contributed by atoms with Crippen LogP contribution in [0.4, 0.5) is 0 Å². The molecule has 0 aromatic heterocycles. The molecule has 2 aromatic carbocycles. The molecule has 0 atom stereocenters. The van der Waals surface area contributed by atoms with Crippen molar-refractivity contribution < 1.29 is 9.47 Å². The highest BCUT2D eigenvalue weighted by Gasteiger charge is 2.05. The second-order valence-electron chi connectivity index (χ2n) is 4.15. The molecule has 0 N–H and O–H groups in total. The normalized spacial score (nSPS) is 10.8. The van der Waals surface area contributed by atoms with Gasteiger partial charge in [-0.3, -0.25) is 0 Å². The molecule has 0 aliphatic rings. The van der Waals surface area contributed by atoms with Gasteiger partial charge in [-0.1, -0.05) is 30.3 Å². The molecule has 0 fully saturated rings. The van der Waals surface area contributed by atoms with Crippen LogP contribution in [0.1, 0.15) is 12.8 Å². The molecule has 3 heteroatoms. The maximum absolute atomic E-state index is 5.79. The average molecular weight is 309 g/mol. The quantitative estimate of drug-likeness (QED) is 0.736. The lowest BCUT2D eigenvalue weighted by atomic mass is 10.1. The first-order valence-electron chi connectivity index (χ1n) is 6.12.